The fraction of sp³-hybridized carbons (Fsp3) is 0.217. The molecule has 0 aliphatic heterocycles. The average molecular weight is 500 g/mol. The fourth-order valence-electron chi connectivity index (χ4n) is 3.52. The summed E-state index contributed by atoms with van der Waals surface area (Å²) in [6, 6.07) is 10.4. The molecule has 0 radical (unpaired) electrons. The molecule has 1 heterocycles. The number of halogens is 5. The number of nitrogens with zero attached hydrogens (tertiary/aromatic N) is 1. The number of rotatable bonds is 6. The number of alkyl halides is 3. The molecule has 0 saturated carbocycles. The average Bonchev–Trinajstić information content (AvgIpc) is 2.71. The lowest BCUT2D eigenvalue weighted by atomic mass is 9.82. The number of carboxylic acid groups (broad SMARTS) is 1. The number of hydrogen-bond acceptors (Lipinski definition) is 3. The van der Waals surface area contributed by atoms with E-state index in [0.717, 1.165) is 10.6 Å². The monoisotopic (exact) mass is 499 g/mol. The summed E-state index contributed by atoms with van der Waals surface area (Å²) in [5.41, 5.74) is -0.251. The summed E-state index contributed by atoms with van der Waals surface area (Å²) in [6.45, 7) is 1.41. The maximum absolute atomic E-state index is 14.0. The van der Waals surface area contributed by atoms with Crippen LogP contribution in [-0.2, 0) is 7.05 Å². The Morgan fingerprint density at radius 2 is 1.76 bits per heavy atom. The van der Waals surface area contributed by atoms with Crippen molar-refractivity contribution in [3.05, 3.63) is 91.8 Å². The molecule has 0 fully saturated rings. The van der Waals surface area contributed by atoms with Gasteiger partial charge in [0, 0.05) is 24.3 Å². The largest absolute Gasteiger partial charge is 0.478 e. The number of aromatic carboxylic acids is 1. The number of aryl methyl sites for hydroxylation is 1. The maximum atomic E-state index is 14.0. The van der Waals surface area contributed by atoms with E-state index in [1.165, 1.54) is 62.6 Å². The molecule has 2 atom stereocenters. The van der Waals surface area contributed by atoms with Crippen molar-refractivity contribution < 1.29 is 27.8 Å². The Balaban J connectivity index is 1.92. The Labute approximate surface area is 196 Å². The van der Waals surface area contributed by atoms with E-state index < -0.39 is 29.5 Å². The Morgan fingerprint density at radius 1 is 1.06 bits per heavy atom. The van der Waals surface area contributed by atoms with Crippen LogP contribution in [0, 0.1) is 0 Å². The van der Waals surface area contributed by atoms with Gasteiger partial charge in [0.05, 0.1) is 16.5 Å². The van der Waals surface area contributed by atoms with Gasteiger partial charge in [0.2, 0.25) is 5.56 Å². The van der Waals surface area contributed by atoms with Crippen LogP contribution in [0.25, 0.3) is 0 Å². The minimum absolute atomic E-state index is 0.0221. The summed E-state index contributed by atoms with van der Waals surface area (Å²) in [7, 11) is 1.39. The van der Waals surface area contributed by atoms with E-state index in [2.05, 4.69) is 0 Å². The topological polar surface area (TPSA) is 68.5 Å². The number of carbonyl (C=O) groups is 1. The highest BCUT2D eigenvalue weighted by Crippen LogP contribution is 2.46. The van der Waals surface area contributed by atoms with Gasteiger partial charge in [-0.3, -0.25) is 4.79 Å². The molecule has 1 aromatic heterocycles. The first kappa shape index (κ1) is 24.7. The lowest BCUT2D eigenvalue weighted by molar-refractivity contribution is -0.154. The van der Waals surface area contributed by atoms with E-state index in [9.17, 15) is 22.8 Å². The van der Waals surface area contributed by atoms with E-state index in [4.69, 9.17) is 33.0 Å². The van der Waals surface area contributed by atoms with Crippen LogP contribution in [0.1, 0.15) is 40.2 Å². The molecule has 0 aliphatic rings. The van der Waals surface area contributed by atoms with Crippen molar-refractivity contribution in [2.75, 3.05) is 0 Å². The maximum Gasteiger partial charge on any atom is 0.396 e. The smallest absolute Gasteiger partial charge is 0.396 e. The van der Waals surface area contributed by atoms with E-state index in [1.807, 2.05) is 0 Å². The van der Waals surface area contributed by atoms with Crippen molar-refractivity contribution in [2.24, 2.45) is 7.05 Å². The molecule has 0 saturated heterocycles. The molecule has 5 nitrogen and oxygen atoms in total. The third-order valence-electron chi connectivity index (χ3n) is 5.19. The van der Waals surface area contributed by atoms with Crippen LogP contribution in [-0.4, -0.2) is 21.8 Å². The van der Waals surface area contributed by atoms with Gasteiger partial charge < -0.3 is 14.4 Å². The number of carboxylic acids is 1. The van der Waals surface area contributed by atoms with Crippen LogP contribution < -0.4 is 10.3 Å². The van der Waals surface area contributed by atoms with Crippen LogP contribution in [0.2, 0.25) is 10.0 Å². The zero-order valence-electron chi connectivity index (χ0n) is 17.4. The van der Waals surface area contributed by atoms with Crippen molar-refractivity contribution in [1.82, 2.24) is 4.57 Å². The third kappa shape index (κ3) is 5.51. The lowest BCUT2D eigenvalue weighted by Gasteiger charge is -2.28. The number of pyridine rings is 1. The first-order chi connectivity index (χ1) is 15.4. The minimum atomic E-state index is -4.59. The van der Waals surface area contributed by atoms with Crippen LogP contribution in [0.3, 0.4) is 0 Å². The van der Waals surface area contributed by atoms with Gasteiger partial charge in [-0.25, -0.2) is 4.79 Å². The van der Waals surface area contributed by atoms with Crippen LogP contribution in [0.4, 0.5) is 13.2 Å². The van der Waals surface area contributed by atoms with Gasteiger partial charge in [-0.1, -0.05) is 42.3 Å². The molecular weight excluding hydrogens is 482 g/mol. The third-order valence-corrected chi connectivity index (χ3v) is 5.81. The van der Waals surface area contributed by atoms with Gasteiger partial charge in [-0.05, 0) is 47.4 Å². The van der Waals surface area contributed by atoms with Crippen molar-refractivity contribution in [3.8, 4) is 11.5 Å². The first-order valence-electron chi connectivity index (χ1n) is 9.62. The number of aromatic nitrogens is 1. The van der Waals surface area contributed by atoms with E-state index in [1.54, 1.807) is 0 Å². The SMILES string of the molecule is CC(c1ccc(Oc2ccc(C(=O)O)cc2Cl)cc1Cl)C(c1ccc(=O)n(C)c1)C(F)(F)F. The van der Waals surface area contributed by atoms with E-state index >= 15 is 0 Å². The van der Waals surface area contributed by atoms with Gasteiger partial charge >= 0.3 is 12.1 Å². The fourth-order valence-corrected chi connectivity index (χ4v) is 4.09. The molecule has 33 heavy (non-hydrogen) atoms. The van der Waals surface area contributed by atoms with Crippen molar-refractivity contribution in [1.29, 1.82) is 0 Å². The van der Waals surface area contributed by atoms with Gasteiger partial charge in [0.1, 0.15) is 11.5 Å². The van der Waals surface area contributed by atoms with Crippen molar-refractivity contribution in [3.63, 3.8) is 0 Å². The standard InChI is InChI=1S/C23H18Cl2F3NO4/c1-12(21(23(26,27)28)14-4-8-20(30)29(2)11-14)16-6-5-15(10-17(16)24)33-19-7-3-13(22(31)32)9-18(19)25/h3-12,21H,1-2H3,(H,31,32). The predicted molar refractivity (Wildman–Crippen MR) is 119 cm³/mol. The molecular formula is C23H18Cl2F3NO4. The predicted octanol–water partition coefficient (Wildman–Crippen LogP) is 6.63. The summed E-state index contributed by atoms with van der Waals surface area (Å²) in [6.07, 6.45) is -3.42. The van der Waals surface area contributed by atoms with Crippen LogP contribution >= 0.6 is 23.2 Å². The molecule has 0 amide bonds. The van der Waals surface area contributed by atoms with Gasteiger partial charge in [0.15, 0.2) is 0 Å². The second-order valence-corrected chi connectivity index (χ2v) is 8.27. The summed E-state index contributed by atoms with van der Waals surface area (Å²) < 4.78 is 48.7. The molecule has 0 aliphatic carbocycles. The van der Waals surface area contributed by atoms with Crippen LogP contribution in [0.5, 0.6) is 11.5 Å². The Kier molecular flexibility index (Phi) is 7.09. The molecule has 174 valence electrons. The van der Waals surface area contributed by atoms with Crippen LogP contribution in [0.15, 0.2) is 59.5 Å². The molecule has 1 N–H and O–H groups in total. The van der Waals surface area contributed by atoms with E-state index in [-0.39, 0.29) is 38.2 Å². The molecule has 10 heteroatoms. The highest BCUT2D eigenvalue weighted by atomic mass is 35.5. The zero-order valence-corrected chi connectivity index (χ0v) is 18.9. The normalized spacial score (nSPS) is 13.4. The minimum Gasteiger partial charge on any atom is -0.478 e. The number of benzene rings is 2. The quantitative estimate of drug-likeness (QED) is 0.413. The van der Waals surface area contributed by atoms with Gasteiger partial charge in [0.25, 0.3) is 0 Å². The molecule has 2 aromatic carbocycles. The molecule has 0 spiro atoms. The second kappa shape index (κ2) is 9.49. The second-order valence-electron chi connectivity index (χ2n) is 7.46. The molecule has 3 aromatic rings. The summed E-state index contributed by atoms with van der Waals surface area (Å²) in [5.74, 6) is -3.74. The van der Waals surface area contributed by atoms with Gasteiger partial charge in [-0.2, -0.15) is 13.2 Å². The van der Waals surface area contributed by atoms with Crippen molar-refractivity contribution in [2.45, 2.75) is 24.9 Å². The number of hydrogen-bond donors (Lipinski definition) is 1. The summed E-state index contributed by atoms with van der Waals surface area (Å²) >= 11 is 12.4. The first-order valence-corrected chi connectivity index (χ1v) is 10.4. The number of ether oxygens (including phenoxy) is 1. The Hall–Kier alpha value is -2.97. The summed E-state index contributed by atoms with van der Waals surface area (Å²) in [5, 5.41) is 9.11. The highest BCUT2D eigenvalue weighted by molar-refractivity contribution is 6.32. The van der Waals surface area contributed by atoms with E-state index in [0.29, 0.717) is 0 Å². The highest BCUT2D eigenvalue weighted by Gasteiger charge is 2.45. The Morgan fingerprint density at radius 3 is 2.30 bits per heavy atom. The zero-order chi connectivity index (χ0) is 24.5. The Bertz CT molecular complexity index is 1260. The lowest BCUT2D eigenvalue weighted by Crippen LogP contribution is -2.28. The molecule has 0 bridgehead atoms. The van der Waals surface area contributed by atoms with Gasteiger partial charge in [-0.15, -0.1) is 0 Å². The molecule has 2 unspecified atom stereocenters. The summed E-state index contributed by atoms with van der Waals surface area (Å²) in [4.78, 5) is 22.6. The van der Waals surface area contributed by atoms with Crippen molar-refractivity contribution >= 4 is 29.2 Å². The molecule has 3 rings (SSSR count).